The molecule has 90 valence electrons. The van der Waals surface area contributed by atoms with Gasteiger partial charge in [-0.1, -0.05) is 0 Å². The number of carboxylic acid groups (broad SMARTS) is 1. The molecule has 1 aliphatic heterocycles. The van der Waals surface area contributed by atoms with E-state index in [9.17, 15) is 14.4 Å². The van der Waals surface area contributed by atoms with Crippen molar-refractivity contribution in [3.63, 3.8) is 0 Å². The van der Waals surface area contributed by atoms with Crippen LogP contribution in [0.4, 0.5) is 0 Å². The van der Waals surface area contributed by atoms with Gasteiger partial charge in [0.15, 0.2) is 0 Å². The number of aliphatic carboxylic acids is 1. The highest BCUT2D eigenvalue weighted by Crippen LogP contribution is 2.17. The second kappa shape index (κ2) is 4.96. The summed E-state index contributed by atoms with van der Waals surface area (Å²) in [7, 11) is 1.52. The van der Waals surface area contributed by atoms with Crippen molar-refractivity contribution in [2.75, 3.05) is 20.1 Å². The van der Waals surface area contributed by atoms with Gasteiger partial charge in [-0.3, -0.25) is 9.59 Å². The first-order chi connectivity index (χ1) is 7.43. The highest BCUT2D eigenvalue weighted by molar-refractivity contribution is 5.87. The zero-order valence-corrected chi connectivity index (χ0v) is 9.47. The highest BCUT2D eigenvalue weighted by atomic mass is 16.4. The largest absolute Gasteiger partial charge is 0.480 e. The number of rotatable bonds is 3. The van der Waals surface area contributed by atoms with Gasteiger partial charge in [0.05, 0.1) is 6.54 Å². The van der Waals surface area contributed by atoms with Crippen LogP contribution in [0, 0.1) is 0 Å². The summed E-state index contributed by atoms with van der Waals surface area (Å²) in [5, 5.41) is 8.90. The third-order valence-electron chi connectivity index (χ3n) is 2.77. The van der Waals surface area contributed by atoms with E-state index in [1.807, 2.05) is 0 Å². The Bertz CT molecular complexity index is 316. The van der Waals surface area contributed by atoms with Gasteiger partial charge in [-0.05, 0) is 12.8 Å². The molecule has 1 rings (SSSR count). The van der Waals surface area contributed by atoms with E-state index in [0.29, 0.717) is 19.4 Å². The average molecular weight is 228 g/mol. The van der Waals surface area contributed by atoms with Crippen molar-refractivity contribution >= 4 is 17.8 Å². The van der Waals surface area contributed by atoms with Gasteiger partial charge in [-0.15, -0.1) is 0 Å². The lowest BCUT2D eigenvalue weighted by molar-refractivity contribution is -0.149. The van der Waals surface area contributed by atoms with Crippen molar-refractivity contribution < 1.29 is 19.5 Å². The van der Waals surface area contributed by atoms with Crippen molar-refractivity contribution in [2.45, 2.75) is 25.8 Å². The minimum Gasteiger partial charge on any atom is -0.480 e. The molecular formula is C10H16N2O4. The molecule has 0 spiro atoms. The first kappa shape index (κ1) is 12.5. The number of carbonyl (C=O) groups excluding carboxylic acids is 2. The number of carboxylic acids is 1. The standard InChI is InChI=1S/C10H16N2O4/c1-7(13)11(2)6-9(14)12-5-3-4-8(12)10(15)16/h8H,3-6H2,1-2H3,(H,15,16)/t8-/m0/s1. The zero-order valence-electron chi connectivity index (χ0n) is 9.47. The maximum absolute atomic E-state index is 11.7. The van der Waals surface area contributed by atoms with E-state index in [-0.39, 0.29) is 18.4 Å². The molecule has 6 heteroatoms. The van der Waals surface area contributed by atoms with E-state index in [2.05, 4.69) is 0 Å². The summed E-state index contributed by atoms with van der Waals surface area (Å²) in [6, 6.07) is -0.729. The topological polar surface area (TPSA) is 77.9 Å². The Labute approximate surface area is 93.8 Å². The predicted octanol–water partition coefficient (Wildman–Crippen LogP) is -0.460. The predicted molar refractivity (Wildman–Crippen MR) is 55.7 cm³/mol. The van der Waals surface area contributed by atoms with E-state index in [4.69, 9.17) is 5.11 Å². The third kappa shape index (κ3) is 2.71. The molecule has 1 aliphatic rings. The average Bonchev–Trinajstić information content (AvgIpc) is 2.65. The highest BCUT2D eigenvalue weighted by Gasteiger charge is 2.34. The van der Waals surface area contributed by atoms with Crippen molar-refractivity contribution in [3.05, 3.63) is 0 Å². The second-order valence-corrected chi connectivity index (χ2v) is 3.96. The summed E-state index contributed by atoms with van der Waals surface area (Å²) in [5.74, 6) is -1.49. The van der Waals surface area contributed by atoms with Crippen LogP contribution in [0.1, 0.15) is 19.8 Å². The minimum atomic E-state index is -0.976. The second-order valence-electron chi connectivity index (χ2n) is 3.96. The Hall–Kier alpha value is -1.59. The van der Waals surface area contributed by atoms with E-state index in [1.54, 1.807) is 0 Å². The summed E-state index contributed by atoms with van der Waals surface area (Å²) in [6.45, 7) is 1.77. The SMILES string of the molecule is CC(=O)N(C)CC(=O)N1CCC[C@H]1C(=O)O. The van der Waals surface area contributed by atoms with Crippen molar-refractivity contribution in [2.24, 2.45) is 0 Å². The maximum Gasteiger partial charge on any atom is 0.326 e. The molecule has 1 fully saturated rings. The van der Waals surface area contributed by atoms with Crippen LogP contribution in [0.3, 0.4) is 0 Å². The number of carbonyl (C=O) groups is 3. The maximum atomic E-state index is 11.7. The fourth-order valence-electron chi connectivity index (χ4n) is 1.73. The molecular weight excluding hydrogens is 212 g/mol. The summed E-state index contributed by atoms with van der Waals surface area (Å²) < 4.78 is 0. The molecule has 0 unspecified atom stereocenters. The molecule has 1 atom stereocenters. The lowest BCUT2D eigenvalue weighted by Crippen LogP contribution is -2.45. The molecule has 0 radical (unpaired) electrons. The Balaban J connectivity index is 2.60. The van der Waals surface area contributed by atoms with Gasteiger partial charge in [0.25, 0.3) is 0 Å². The summed E-state index contributed by atoms with van der Waals surface area (Å²) >= 11 is 0. The van der Waals surface area contributed by atoms with Crippen molar-refractivity contribution in [1.29, 1.82) is 0 Å². The van der Waals surface area contributed by atoms with E-state index >= 15 is 0 Å². The summed E-state index contributed by atoms with van der Waals surface area (Å²) in [5.41, 5.74) is 0. The molecule has 0 bridgehead atoms. The molecule has 1 heterocycles. The van der Waals surface area contributed by atoms with Gasteiger partial charge in [-0.2, -0.15) is 0 Å². The van der Waals surface area contributed by atoms with Gasteiger partial charge in [0.2, 0.25) is 11.8 Å². The molecule has 0 saturated carbocycles. The van der Waals surface area contributed by atoms with Crippen LogP contribution in [0.5, 0.6) is 0 Å². The minimum absolute atomic E-state index is 0.0564. The van der Waals surface area contributed by atoms with Crippen LogP contribution in [0.15, 0.2) is 0 Å². The van der Waals surface area contributed by atoms with Crippen LogP contribution < -0.4 is 0 Å². The van der Waals surface area contributed by atoms with Crippen LogP contribution in [-0.2, 0) is 14.4 Å². The van der Waals surface area contributed by atoms with Crippen LogP contribution >= 0.6 is 0 Å². The first-order valence-electron chi connectivity index (χ1n) is 5.17. The quantitative estimate of drug-likeness (QED) is 0.709. The Kier molecular flexibility index (Phi) is 3.87. The Morgan fingerprint density at radius 1 is 1.44 bits per heavy atom. The van der Waals surface area contributed by atoms with Crippen LogP contribution in [0.25, 0.3) is 0 Å². The molecule has 0 aromatic heterocycles. The van der Waals surface area contributed by atoms with Crippen molar-refractivity contribution in [3.8, 4) is 0 Å². The first-order valence-corrected chi connectivity index (χ1v) is 5.17. The molecule has 0 aromatic carbocycles. The molecule has 16 heavy (non-hydrogen) atoms. The number of likely N-dealkylation sites (tertiary alicyclic amines) is 1. The lowest BCUT2D eigenvalue weighted by atomic mass is 10.2. The van der Waals surface area contributed by atoms with E-state index < -0.39 is 12.0 Å². The summed E-state index contributed by atoms with van der Waals surface area (Å²) in [4.78, 5) is 36.2. The molecule has 0 aliphatic carbocycles. The van der Waals surface area contributed by atoms with Crippen LogP contribution in [0.2, 0.25) is 0 Å². The number of hydrogen-bond acceptors (Lipinski definition) is 3. The normalized spacial score (nSPS) is 19.6. The number of likely N-dealkylation sites (N-methyl/N-ethyl adjacent to an activating group) is 1. The molecule has 6 nitrogen and oxygen atoms in total. The van der Waals surface area contributed by atoms with Gasteiger partial charge in [0.1, 0.15) is 6.04 Å². The molecule has 2 amide bonds. The molecule has 1 saturated heterocycles. The number of nitrogens with zero attached hydrogens (tertiary/aromatic N) is 2. The van der Waals surface area contributed by atoms with Crippen LogP contribution in [-0.4, -0.2) is 58.9 Å². The van der Waals surface area contributed by atoms with Gasteiger partial charge < -0.3 is 14.9 Å². The monoisotopic (exact) mass is 228 g/mol. The fraction of sp³-hybridized carbons (Fsp3) is 0.700. The van der Waals surface area contributed by atoms with Crippen molar-refractivity contribution in [1.82, 2.24) is 9.80 Å². The zero-order chi connectivity index (χ0) is 12.3. The fourth-order valence-corrected chi connectivity index (χ4v) is 1.73. The van der Waals surface area contributed by atoms with E-state index in [1.165, 1.54) is 23.8 Å². The van der Waals surface area contributed by atoms with Gasteiger partial charge >= 0.3 is 5.97 Å². The molecule has 0 aromatic rings. The van der Waals surface area contributed by atoms with Gasteiger partial charge in [0, 0.05) is 20.5 Å². The smallest absolute Gasteiger partial charge is 0.326 e. The van der Waals surface area contributed by atoms with Gasteiger partial charge in [-0.25, -0.2) is 4.79 Å². The Morgan fingerprint density at radius 2 is 2.06 bits per heavy atom. The third-order valence-corrected chi connectivity index (χ3v) is 2.77. The van der Waals surface area contributed by atoms with E-state index in [0.717, 1.165) is 0 Å². The Morgan fingerprint density at radius 3 is 2.56 bits per heavy atom. The lowest BCUT2D eigenvalue weighted by Gasteiger charge is -2.24. The number of amides is 2. The number of hydrogen-bond donors (Lipinski definition) is 1. The molecule has 1 N–H and O–H groups in total. The summed E-state index contributed by atoms with van der Waals surface area (Å²) in [6.07, 6.45) is 1.19.